The van der Waals surface area contributed by atoms with Crippen LogP contribution in [-0.4, -0.2) is 33.7 Å². The topological polar surface area (TPSA) is 57.6 Å². The summed E-state index contributed by atoms with van der Waals surface area (Å²) in [5.74, 6) is -0.620. The first kappa shape index (κ1) is 16.6. The molecule has 124 valence electrons. The van der Waals surface area contributed by atoms with Gasteiger partial charge >= 0.3 is 5.97 Å². The predicted molar refractivity (Wildman–Crippen MR) is 94.7 cm³/mol. The molecule has 2 atom stereocenters. The first-order chi connectivity index (χ1) is 11.7. The second kappa shape index (κ2) is 7.53. The molecule has 1 aliphatic heterocycles. The van der Waals surface area contributed by atoms with Crippen LogP contribution in [0.15, 0.2) is 60.7 Å². The third kappa shape index (κ3) is 3.62. The normalized spacial score (nSPS) is 20.1. The van der Waals surface area contributed by atoms with Gasteiger partial charge in [-0.1, -0.05) is 60.7 Å². The van der Waals surface area contributed by atoms with Crippen molar-refractivity contribution in [3.8, 4) is 0 Å². The van der Waals surface area contributed by atoms with E-state index in [1.165, 1.54) is 11.8 Å². The molecule has 2 unspecified atom stereocenters. The quantitative estimate of drug-likeness (QED) is 0.906. The second-order valence-corrected chi connectivity index (χ2v) is 6.85. The molecule has 1 aliphatic rings. The summed E-state index contributed by atoms with van der Waals surface area (Å²) in [6.07, 6.45) is 0.937. The molecule has 4 nitrogen and oxygen atoms in total. The van der Waals surface area contributed by atoms with Gasteiger partial charge < -0.3 is 10.0 Å². The molecular weight excluding hydrogens is 322 g/mol. The lowest BCUT2D eigenvalue weighted by atomic mass is 10.1. The molecule has 2 aromatic carbocycles. The maximum Gasteiger partial charge on any atom is 0.327 e. The first-order valence-electron chi connectivity index (χ1n) is 7.91. The van der Waals surface area contributed by atoms with Gasteiger partial charge in [-0.05, 0) is 17.5 Å². The molecule has 1 N–H and O–H groups in total. The van der Waals surface area contributed by atoms with Gasteiger partial charge in [-0.3, -0.25) is 4.79 Å². The number of carboxylic acid groups (broad SMARTS) is 1. The molecule has 0 aromatic heterocycles. The zero-order valence-electron chi connectivity index (χ0n) is 13.2. The maximum absolute atomic E-state index is 12.8. The van der Waals surface area contributed by atoms with Gasteiger partial charge in [0.2, 0.25) is 5.91 Å². The van der Waals surface area contributed by atoms with Crippen molar-refractivity contribution >= 4 is 23.6 Å². The zero-order chi connectivity index (χ0) is 16.9. The van der Waals surface area contributed by atoms with Crippen molar-refractivity contribution in [2.75, 3.05) is 5.75 Å². The summed E-state index contributed by atoms with van der Waals surface area (Å²) in [4.78, 5) is 25.9. The SMILES string of the molecule is O=C(O)C1CSC(c2ccccc2)N1C(=O)CCc1ccccc1. The molecule has 1 fully saturated rings. The molecular formula is C19H19NO3S. The molecule has 2 aromatic rings. The number of benzene rings is 2. The highest BCUT2D eigenvalue weighted by Gasteiger charge is 2.41. The van der Waals surface area contributed by atoms with Crippen LogP contribution in [0.2, 0.25) is 0 Å². The third-order valence-electron chi connectivity index (χ3n) is 4.13. The fourth-order valence-electron chi connectivity index (χ4n) is 2.90. The van der Waals surface area contributed by atoms with Crippen LogP contribution in [-0.2, 0) is 16.0 Å². The number of hydrogen-bond donors (Lipinski definition) is 1. The minimum absolute atomic E-state index is 0.106. The highest BCUT2D eigenvalue weighted by Crippen LogP contribution is 2.41. The van der Waals surface area contributed by atoms with Gasteiger partial charge in [0.1, 0.15) is 11.4 Å². The van der Waals surface area contributed by atoms with Gasteiger partial charge in [-0.25, -0.2) is 4.79 Å². The molecule has 0 spiro atoms. The van der Waals surface area contributed by atoms with E-state index >= 15 is 0 Å². The van der Waals surface area contributed by atoms with E-state index in [9.17, 15) is 14.7 Å². The van der Waals surface area contributed by atoms with Crippen LogP contribution in [0.25, 0.3) is 0 Å². The van der Waals surface area contributed by atoms with E-state index in [1.807, 2.05) is 60.7 Å². The van der Waals surface area contributed by atoms with Crippen LogP contribution >= 0.6 is 11.8 Å². The van der Waals surface area contributed by atoms with E-state index in [1.54, 1.807) is 4.90 Å². The largest absolute Gasteiger partial charge is 0.480 e. The van der Waals surface area contributed by atoms with Crippen molar-refractivity contribution in [1.29, 1.82) is 0 Å². The number of carbonyl (C=O) groups excluding carboxylic acids is 1. The lowest BCUT2D eigenvalue weighted by Gasteiger charge is -2.27. The smallest absolute Gasteiger partial charge is 0.327 e. The van der Waals surface area contributed by atoms with Gasteiger partial charge in [0, 0.05) is 12.2 Å². The van der Waals surface area contributed by atoms with Crippen molar-refractivity contribution < 1.29 is 14.7 Å². The Hall–Kier alpha value is -2.27. The van der Waals surface area contributed by atoms with Crippen molar-refractivity contribution in [3.05, 3.63) is 71.8 Å². The molecule has 24 heavy (non-hydrogen) atoms. The molecule has 0 saturated carbocycles. The van der Waals surface area contributed by atoms with Crippen LogP contribution in [0.5, 0.6) is 0 Å². The van der Waals surface area contributed by atoms with Crippen LogP contribution in [0, 0.1) is 0 Å². The van der Waals surface area contributed by atoms with Crippen molar-refractivity contribution in [3.63, 3.8) is 0 Å². The molecule has 1 saturated heterocycles. The van der Waals surface area contributed by atoms with Gasteiger partial charge in [0.15, 0.2) is 0 Å². The number of aryl methyl sites for hydroxylation is 1. The average molecular weight is 341 g/mol. The van der Waals surface area contributed by atoms with Crippen molar-refractivity contribution in [2.24, 2.45) is 0 Å². The maximum atomic E-state index is 12.8. The fourth-order valence-corrected chi connectivity index (χ4v) is 4.34. The van der Waals surface area contributed by atoms with Crippen molar-refractivity contribution in [2.45, 2.75) is 24.3 Å². The Morgan fingerprint density at radius 2 is 1.67 bits per heavy atom. The molecule has 5 heteroatoms. The van der Waals surface area contributed by atoms with E-state index in [-0.39, 0.29) is 11.3 Å². The van der Waals surface area contributed by atoms with E-state index in [0.29, 0.717) is 18.6 Å². The summed E-state index contributed by atoms with van der Waals surface area (Å²) < 4.78 is 0. The lowest BCUT2D eigenvalue weighted by molar-refractivity contribution is -0.149. The van der Waals surface area contributed by atoms with Crippen LogP contribution in [0.4, 0.5) is 0 Å². The Morgan fingerprint density at radius 1 is 1.04 bits per heavy atom. The number of rotatable bonds is 5. The van der Waals surface area contributed by atoms with E-state index < -0.39 is 12.0 Å². The fraction of sp³-hybridized carbons (Fsp3) is 0.263. The number of thioether (sulfide) groups is 1. The molecule has 0 aliphatic carbocycles. The Bertz CT molecular complexity index is 705. The van der Waals surface area contributed by atoms with Crippen LogP contribution < -0.4 is 0 Å². The highest BCUT2D eigenvalue weighted by atomic mass is 32.2. The van der Waals surface area contributed by atoms with Crippen LogP contribution in [0.3, 0.4) is 0 Å². The third-order valence-corrected chi connectivity index (χ3v) is 5.45. The number of carboxylic acids is 1. The number of nitrogens with zero attached hydrogens (tertiary/aromatic N) is 1. The summed E-state index contributed by atoms with van der Waals surface area (Å²) in [5, 5.41) is 9.25. The molecule has 0 radical (unpaired) electrons. The monoisotopic (exact) mass is 341 g/mol. The minimum Gasteiger partial charge on any atom is -0.480 e. The van der Waals surface area contributed by atoms with E-state index in [0.717, 1.165) is 11.1 Å². The Labute approximate surface area is 145 Å². The van der Waals surface area contributed by atoms with Gasteiger partial charge in [-0.2, -0.15) is 0 Å². The summed E-state index contributed by atoms with van der Waals surface area (Å²) in [6, 6.07) is 18.7. The number of amides is 1. The van der Waals surface area contributed by atoms with Gasteiger partial charge in [-0.15, -0.1) is 11.8 Å². The number of aliphatic carboxylic acids is 1. The number of carbonyl (C=O) groups is 2. The summed E-state index contributed by atoms with van der Waals surface area (Å²) >= 11 is 1.51. The number of hydrogen-bond acceptors (Lipinski definition) is 3. The second-order valence-electron chi connectivity index (χ2n) is 5.74. The predicted octanol–water partition coefficient (Wildman–Crippen LogP) is 3.35. The summed E-state index contributed by atoms with van der Waals surface area (Å²) in [6.45, 7) is 0. The van der Waals surface area contributed by atoms with Gasteiger partial charge in [0.05, 0.1) is 0 Å². The Morgan fingerprint density at radius 3 is 2.29 bits per heavy atom. The summed E-state index contributed by atoms with van der Waals surface area (Å²) in [5.41, 5.74) is 2.06. The molecule has 3 rings (SSSR count). The van der Waals surface area contributed by atoms with E-state index in [4.69, 9.17) is 0 Å². The Balaban J connectivity index is 1.77. The Kier molecular flexibility index (Phi) is 5.20. The molecule has 1 heterocycles. The lowest BCUT2D eigenvalue weighted by Crippen LogP contribution is -2.43. The average Bonchev–Trinajstić information content (AvgIpc) is 3.07. The molecule has 1 amide bonds. The summed E-state index contributed by atoms with van der Waals surface area (Å²) in [7, 11) is 0. The molecule has 0 bridgehead atoms. The van der Waals surface area contributed by atoms with E-state index in [2.05, 4.69) is 0 Å². The standard InChI is InChI=1S/C19H19NO3S/c21-17(12-11-14-7-3-1-4-8-14)20-16(19(22)23)13-24-18(20)15-9-5-2-6-10-15/h1-10,16,18H,11-13H2,(H,22,23). The van der Waals surface area contributed by atoms with Crippen molar-refractivity contribution in [1.82, 2.24) is 4.90 Å². The van der Waals surface area contributed by atoms with Gasteiger partial charge in [0.25, 0.3) is 0 Å². The highest BCUT2D eigenvalue weighted by molar-refractivity contribution is 7.99. The van der Waals surface area contributed by atoms with Crippen LogP contribution in [0.1, 0.15) is 22.9 Å². The first-order valence-corrected chi connectivity index (χ1v) is 8.96. The zero-order valence-corrected chi connectivity index (χ0v) is 14.0. The minimum atomic E-state index is -0.936.